The number of rotatable bonds is 6. The highest BCUT2D eigenvalue weighted by atomic mass is 16.6. The summed E-state index contributed by atoms with van der Waals surface area (Å²) in [6.07, 6.45) is 1.25. The van der Waals surface area contributed by atoms with Crippen LogP contribution in [0, 0.1) is 5.92 Å². The van der Waals surface area contributed by atoms with Gasteiger partial charge in [-0.2, -0.15) is 0 Å². The molecule has 2 aliphatic heterocycles. The lowest BCUT2D eigenvalue weighted by molar-refractivity contribution is -0.122. The molecule has 2 heterocycles. The number of fused-ring (bicyclic) bond motifs is 1. The van der Waals surface area contributed by atoms with Crippen LogP contribution >= 0.6 is 0 Å². The number of hydrogen-bond acceptors (Lipinski definition) is 7. The fourth-order valence-electron chi connectivity index (χ4n) is 3.99. The molecule has 0 radical (unpaired) electrons. The first-order valence-corrected chi connectivity index (χ1v) is 11.2. The Kier molecular flexibility index (Phi) is 7.48. The zero-order chi connectivity index (χ0) is 23.9. The third-order valence-corrected chi connectivity index (χ3v) is 5.74. The monoisotopic (exact) mass is 468 g/mol. The third kappa shape index (κ3) is 5.96. The number of para-hydroxylation sites is 2. The highest BCUT2D eigenvalue weighted by molar-refractivity contribution is 6.02. The van der Waals surface area contributed by atoms with Crippen LogP contribution in [0.2, 0.25) is 0 Å². The number of nitrogens with one attached hydrogen (secondary N) is 3. The van der Waals surface area contributed by atoms with Gasteiger partial charge in [-0.15, -0.1) is 0 Å². The third-order valence-electron chi connectivity index (χ3n) is 5.74. The number of likely N-dealkylation sites (tertiary alicyclic amines) is 1. The summed E-state index contributed by atoms with van der Waals surface area (Å²) in [6, 6.07) is 11.7. The van der Waals surface area contributed by atoms with Gasteiger partial charge in [0.1, 0.15) is 19.0 Å². The number of imide groups is 1. The summed E-state index contributed by atoms with van der Waals surface area (Å²) < 4.78 is 16.2. The molecule has 0 saturated carbocycles. The van der Waals surface area contributed by atoms with Gasteiger partial charge in [-0.05, 0) is 50.2 Å². The van der Waals surface area contributed by atoms with Gasteiger partial charge in [0.05, 0.1) is 19.3 Å². The molecule has 0 unspecified atom stereocenters. The molecule has 0 spiro atoms. The molecule has 0 atom stereocenters. The molecule has 2 aromatic carbocycles. The fourth-order valence-corrected chi connectivity index (χ4v) is 3.99. The maximum atomic E-state index is 12.6. The van der Waals surface area contributed by atoms with Gasteiger partial charge in [-0.3, -0.25) is 19.8 Å². The second-order valence-electron chi connectivity index (χ2n) is 8.10. The van der Waals surface area contributed by atoms with Crippen molar-refractivity contribution >= 4 is 29.2 Å². The molecule has 3 N–H and O–H groups in total. The summed E-state index contributed by atoms with van der Waals surface area (Å²) in [4.78, 5) is 39.1. The standard InChI is InChI=1S/C24H28N4O6/c1-32-19-5-3-2-4-18(19)26-23(30)16-8-10-28(11-9-16)15-22(29)27-24(31)25-17-6-7-20-21(14-17)34-13-12-33-20/h2-7,14,16H,8-13,15H2,1H3,(H,26,30)(H2,25,27,29,31). The summed E-state index contributed by atoms with van der Waals surface area (Å²) in [5.74, 6) is 1.16. The molecular formula is C24H28N4O6. The molecule has 4 rings (SSSR count). The van der Waals surface area contributed by atoms with E-state index in [1.165, 1.54) is 0 Å². The molecular weight excluding hydrogens is 440 g/mol. The Morgan fingerprint density at radius 2 is 1.74 bits per heavy atom. The number of ether oxygens (including phenoxy) is 3. The van der Waals surface area contributed by atoms with Gasteiger partial charge in [0.15, 0.2) is 11.5 Å². The van der Waals surface area contributed by atoms with Gasteiger partial charge >= 0.3 is 6.03 Å². The molecule has 1 fully saturated rings. The van der Waals surface area contributed by atoms with Crippen molar-refractivity contribution in [2.24, 2.45) is 5.92 Å². The maximum Gasteiger partial charge on any atom is 0.325 e. The Morgan fingerprint density at radius 3 is 2.50 bits per heavy atom. The molecule has 0 bridgehead atoms. The van der Waals surface area contributed by atoms with Gasteiger partial charge in [-0.1, -0.05) is 12.1 Å². The lowest BCUT2D eigenvalue weighted by Crippen LogP contribution is -2.45. The van der Waals surface area contributed by atoms with Crippen molar-refractivity contribution in [2.45, 2.75) is 12.8 Å². The first kappa shape index (κ1) is 23.4. The lowest BCUT2D eigenvalue weighted by atomic mass is 9.95. The number of urea groups is 1. The van der Waals surface area contributed by atoms with Gasteiger partial charge in [0.25, 0.3) is 0 Å². The zero-order valence-corrected chi connectivity index (χ0v) is 19.0. The summed E-state index contributed by atoms with van der Waals surface area (Å²) in [5, 5.41) is 7.89. The van der Waals surface area contributed by atoms with Crippen molar-refractivity contribution in [3.05, 3.63) is 42.5 Å². The summed E-state index contributed by atoms with van der Waals surface area (Å²) >= 11 is 0. The Hall–Kier alpha value is -3.79. The smallest absolute Gasteiger partial charge is 0.325 e. The predicted molar refractivity (Wildman–Crippen MR) is 125 cm³/mol. The zero-order valence-electron chi connectivity index (χ0n) is 19.0. The minimum absolute atomic E-state index is 0.0626. The van der Waals surface area contributed by atoms with Crippen LogP contribution in [0.4, 0.5) is 16.2 Å². The number of amides is 4. The number of anilines is 2. The Labute approximate surface area is 197 Å². The topological polar surface area (TPSA) is 118 Å². The second-order valence-corrected chi connectivity index (χ2v) is 8.10. The van der Waals surface area contributed by atoms with E-state index in [1.54, 1.807) is 37.4 Å². The molecule has 4 amide bonds. The number of carbonyl (C=O) groups is 3. The Morgan fingerprint density at radius 1 is 1.00 bits per heavy atom. The fraction of sp³-hybridized carbons (Fsp3) is 0.375. The molecule has 10 nitrogen and oxygen atoms in total. The van der Waals surface area contributed by atoms with Crippen LogP contribution < -0.4 is 30.2 Å². The SMILES string of the molecule is COc1ccccc1NC(=O)C1CCN(CC(=O)NC(=O)Nc2ccc3c(c2)OCCO3)CC1. The first-order chi connectivity index (χ1) is 16.5. The Balaban J connectivity index is 1.20. The van der Waals surface area contributed by atoms with E-state index in [0.717, 1.165) is 0 Å². The second kappa shape index (κ2) is 10.9. The number of hydrogen-bond donors (Lipinski definition) is 3. The average molecular weight is 469 g/mol. The van der Waals surface area contributed by atoms with E-state index in [9.17, 15) is 14.4 Å². The van der Waals surface area contributed by atoms with Crippen molar-refractivity contribution in [3.8, 4) is 17.2 Å². The van der Waals surface area contributed by atoms with Crippen LogP contribution in [0.25, 0.3) is 0 Å². The number of methoxy groups -OCH3 is 1. The van der Waals surface area contributed by atoms with Crippen LogP contribution in [0.1, 0.15) is 12.8 Å². The largest absolute Gasteiger partial charge is 0.495 e. The van der Waals surface area contributed by atoms with Gasteiger partial charge in [0.2, 0.25) is 11.8 Å². The molecule has 180 valence electrons. The minimum atomic E-state index is -0.618. The maximum absolute atomic E-state index is 12.6. The highest BCUT2D eigenvalue weighted by Crippen LogP contribution is 2.32. The normalized spacial score (nSPS) is 15.8. The van der Waals surface area contributed by atoms with Crippen molar-refractivity contribution in [3.63, 3.8) is 0 Å². The van der Waals surface area contributed by atoms with Crippen molar-refractivity contribution < 1.29 is 28.6 Å². The van der Waals surface area contributed by atoms with Crippen molar-refractivity contribution in [2.75, 3.05) is 50.6 Å². The number of nitrogens with zero attached hydrogens (tertiary/aromatic N) is 1. The van der Waals surface area contributed by atoms with Crippen LogP contribution in [0.15, 0.2) is 42.5 Å². The van der Waals surface area contributed by atoms with Gasteiger partial charge < -0.3 is 24.8 Å². The molecule has 34 heavy (non-hydrogen) atoms. The van der Waals surface area contributed by atoms with Crippen LogP contribution in [-0.2, 0) is 9.59 Å². The van der Waals surface area contributed by atoms with E-state index < -0.39 is 11.9 Å². The molecule has 0 aliphatic carbocycles. The quantitative estimate of drug-likeness (QED) is 0.596. The number of piperidine rings is 1. The number of benzene rings is 2. The van der Waals surface area contributed by atoms with Crippen LogP contribution in [0.3, 0.4) is 0 Å². The van der Waals surface area contributed by atoms with Crippen molar-refractivity contribution in [1.82, 2.24) is 10.2 Å². The number of carbonyl (C=O) groups excluding carboxylic acids is 3. The minimum Gasteiger partial charge on any atom is -0.495 e. The van der Waals surface area contributed by atoms with E-state index >= 15 is 0 Å². The van der Waals surface area contributed by atoms with Crippen molar-refractivity contribution in [1.29, 1.82) is 0 Å². The molecule has 10 heteroatoms. The van der Waals surface area contributed by atoms with E-state index in [1.807, 2.05) is 17.0 Å². The first-order valence-electron chi connectivity index (χ1n) is 11.2. The summed E-state index contributed by atoms with van der Waals surface area (Å²) in [7, 11) is 1.56. The van der Waals surface area contributed by atoms with Gasteiger partial charge in [-0.25, -0.2) is 4.79 Å². The van der Waals surface area contributed by atoms with E-state index in [-0.39, 0.29) is 18.4 Å². The Bertz CT molecular complexity index is 1050. The summed E-state index contributed by atoms with van der Waals surface area (Å²) in [5.41, 5.74) is 1.14. The molecule has 1 saturated heterocycles. The van der Waals surface area contributed by atoms with Crippen LogP contribution in [0.5, 0.6) is 17.2 Å². The highest BCUT2D eigenvalue weighted by Gasteiger charge is 2.27. The van der Waals surface area contributed by atoms with E-state index in [0.29, 0.717) is 67.8 Å². The molecule has 2 aromatic rings. The van der Waals surface area contributed by atoms with Gasteiger partial charge in [0, 0.05) is 17.7 Å². The summed E-state index contributed by atoms with van der Waals surface area (Å²) in [6.45, 7) is 2.18. The lowest BCUT2D eigenvalue weighted by Gasteiger charge is -2.30. The predicted octanol–water partition coefficient (Wildman–Crippen LogP) is 2.47. The molecule has 2 aliphatic rings. The van der Waals surface area contributed by atoms with E-state index in [4.69, 9.17) is 14.2 Å². The molecule has 0 aromatic heterocycles. The average Bonchev–Trinajstić information content (AvgIpc) is 2.84. The van der Waals surface area contributed by atoms with E-state index in [2.05, 4.69) is 16.0 Å². The van der Waals surface area contributed by atoms with Crippen LogP contribution in [-0.4, -0.2) is 62.7 Å².